The van der Waals surface area contributed by atoms with E-state index in [2.05, 4.69) is 10.6 Å². The Morgan fingerprint density at radius 3 is 3.00 bits per heavy atom. The van der Waals surface area contributed by atoms with Crippen molar-refractivity contribution in [2.75, 3.05) is 13.1 Å². The van der Waals surface area contributed by atoms with Crippen molar-refractivity contribution in [3.63, 3.8) is 0 Å². The monoisotopic (exact) mass is 234 g/mol. The van der Waals surface area contributed by atoms with Crippen molar-refractivity contribution < 1.29 is 9.90 Å². The van der Waals surface area contributed by atoms with Crippen molar-refractivity contribution in [1.29, 1.82) is 0 Å². The molecule has 1 aromatic rings. The Bertz CT molecular complexity index is 412. The van der Waals surface area contributed by atoms with Crippen molar-refractivity contribution in [3.8, 4) is 5.75 Å². The van der Waals surface area contributed by atoms with Gasteiger partial charge in [0.25, 0.3) is 5.91 Å². The maximum Gasteiger partial charge on any atom is 0.251 e. The van der Waals surface area contributed by atoms with Gasteiger partial charge >= 0.3 is 0 Å². The summed E-state index contributed by atoms with van der Waals surface area (Å²) in [6.07, 6.45) is 2.12. The number of hydrogen-bond acceptors (Lipinski definition) is 3. The fraction of sp³-hybridized carbons (Fsp3) is 0.462. The van der Waals surface area contributed by atoms with Crippen LogP contribution in [0.25, 0.3) is 0 Å². The molecule has 0 aromatic heterocycles. The Hall–Kier alpha value is -1.55. The zero-order valence-corrected chi connectivity index (χ0v) is 9.99. The first-order valence-electron chi connectivity index (χ1n) is 5.98. The summed E-state index contributed by atoms with van der Waals surface area (Å²) < 4.78 is 0. The van der Waals surface area contributed by atoms with Gasteiger partial charge in [0.15, 0.2) is 0 Å². The summed E-state index contributed by atoms with van der Waals surface area (Å²) in [5, 5.41) is 15.6. The van der Waals surface area contributed by atoms with Crippen LogP contribution in [0.1, 0.15) is 28.8 Å². The van der Waals surface area contributed by atoms with E-state index in [4.69, 9.17) is 0 Å². The third kappa shape index (κ3) is 2.97. The molecule has 0 radical (unpaired) electrons. The Balaban J connectivity index is 2.03. The second-order valence-electron chi connectivity index (χ2n) is 4.52. The molecule has 0 spiro atoms. The summed E-state index contributed by atoms with van der Waals surface area (Å²) in [6.45, 7) is 3.70. The van der Waals surface area contributed by atoms with E-state index in [1.807, 2.05) is 6.92 Å². The van der Waals surface area contributed by atoms with Gasteiger partial charge in [-0.2, -0.15) is 0 Å². The number of hydrogen-bond donors (Lipinski definition) is 3. The second kappa shape index (κ2) is 5.19. The number of nitrogens with one attached hydrogen (secondary N) is 2. The Labute approximate surface area is 101 Å². The molecule has 17 heavy (non-hydrogen) atoms. The lowest BCUT2D eigenvalue weighted by molar-refractivity contribution is 0.0930. The lowest BCUT2D eigenvalue weighted by atomic mass is 10.0. The molecular formula is C13H18N2O2. The predicted octanol–water partition coefficient (Wildman–Crippen LogP) is 1.18. The minimum Gasteiger partial charge on any atom is -0.508 e. The molecule has 3 N–H and O–H groups in total. The topological polar surface area (TPSA) is 61.4 Å². The molecule has 0 unspecified atom stereocenters. The number of carbonyl (C=O) groups is 1. The smallest absolute Gasteiger partial charge is 0.251 e. The van der Waals surface area contributed by atoms with Crippen molar-refractivity contribution in [3.05, 3.63) is 29.3 Å². The lowest BCUT2D eigenvalue weighted by Gasteiger charge is -2.24. The average molecular weight is 234 g/mol. The summed E-state index contributed by atoms with van der Waals surface area (Å²) in [5.41, 5.74) is 1.43. The third-order valence-electron chi connectivity index (χ3n) is 3.09. The van der Waals surface area contributed by atoms with Crippen LogP contribution >= 0.6 is 0 Å². The molecule has 1 aromatic carbocycles. The van der Waals surface area contributed by atoms with Gasteiger partial charge in [0, 0.05) is 18.2 Å². The van der Waals surface area contributed by atoms with Crippen molar-refractivity contribution in [2.24, 2.45) is 0 Å². The standard InChI is InChI=1S/C13H18N2O2/c1-9-7-11(16)4-5-12(9)13(17)15-10-3-2-6-14-8-10/h4-5,7,10,14,16H,2-3,6,8H2,1H3,(H,15,17)/t10-/m0/s1. The summed E-state index contributed by atoms with van der Waals surface area (Å²) >= 11 is 0. The normalized spacial score (nSPS) is 19.9. The van der Waals surface area contributed by atoms with E-state index in [1.54, 1.807) is 18.2 Å². The number of piperidine rings is 1. The lowest BCUT2D eigenvalue weighted by Crippen LogP contribution is -2.45. The summed E-state index contributed by atoms with van der Waals surface area (Å²) in [5.74, 6) is 0.134. The number of phenols is 1. The zero-order valence-electron chi connectivity index (χ0n) is 9.99. The van der Waals surface area contributed by atoms with E-state index in [-0.39, 0.29) is 17.7 Å². The summed E-state index contributed by atoms with van der Waals surface area (Å²) in [6, 6.07) is 5.02. The average Bonchev–Trinajstić information content (AvgIpc) is 2.30. The molecule has 1 aliphatic heterocycles. The molecule has 1 amide bonds. The van der Waals surface area contributed by atoms with Crippen LogP contribution in [0.5, 0.6) is 5.75 Å². The van der Waals surface area contributed by atoms with E-state index >= 15 is 0 Å². The van der Waals surface area contributed by atoms with Gasteiger partial charge in [-0.05, 0) is 50.1 Å². The number of carbonyl (C=O) groups excluding carboxylic acids is 1. The number of rotatable bonds is 2. The molecule has 92 valence electrons. The molecule has 1 atom stereocenters. The predicted molar refractivity (Wildman–Crippen MR) is 66.2 cm³/mol. The summed E-state index contributed by atoms with van der Waals surface area (Å²) in [7, 11) is 0. The highest BCUT2D eigenvalue weighted by atomic mass is 16.3. The third-order valence-corrected chi connectivity index (χ3v) is 3.09. The van der Waals surface area contributed by atoms with Crippen LogP contribution in [-0.4, -0.2) is 30.1 Å². The zero-order chi connectivity index (χ0) is 12.3. The van der Waals surface area contributed by atoms with Crippen LogP contribution in [0.3, 0.4) is 0 Å². The second-order valence-corrected chi connectivity index (χ2v) is 4.52. The van der Waals surface area contributed by atoms with Gasteiger partial charge in [-0.25, -0.2) is 0 Å². The first-order valence-corrected chi connectivity index (χ1v) is 5.98. The molecule has 1 saturated heterocycles. The molecule has 1 fully saturated rings. The Morgan fingerprint density at radius 1 is 1.53 bits per heavy atom. The molecule has 4 heteroatoms. The minimum absolute atomic E-state index is 0.0591. The molecule has 0 bridgehead atoms. The number of amides is 1. The van der Waals surface area contributed by atoms with E-state index in [0.29, 0.717) is 5.56 Å². The highest BCUT2D eigenvalue weighted by Gasteiger charge is 2.17. The van der Waals surface area contributed by atoms with Gasteiger partial charge in [0.05, 0.1) is 0 Å². The van der Waals surface area contributed by atoms with Crippen LogP contribution in [0.4, 0.5) is 0 Å². The number of phenolic OH excluding ortho intramolecular Hbond substituents is 1. The first-order chi connectivity index (χ1) is 8.16. The largest absolute Gasteiger partial charge is 0.508 e. The van der Waals surface area contributed by atoms with Gasteiger partial charge in [0.1, 0.15) is 5.75 Å². The first kappa shape index (κ1) is 11.9. The van der Waals surface area contributed by atoms with Crippen LogP contribution in [0.2, 0.25) is 0 Å². The molecule has 0 saturated carbocycles. The highest BCUT2D eigenvalue weighted by molar-refractivity contribution is 5.96. The highest BCUT2D eigenvalue weighted by Crippen LogP contribution is 2.16. The quantitative estimate of drug-likeness (QED) is 0.720. The Kier molecular flexibility index (Phi) is 3.64. The molecule has 1 heterocycles. The minimum atomic E-state index is -0.0591. The Morgan fingerprint density at radius 2 is 2.35 bits per heavy atom. The van der Waals surface area contributed by atoms with Crippen LogP contribution in [0.15, 0.2) is 18.2 Å². The van der Waals surface area contributed by atoms with Crippen molar-refractivity contribution in [1.82, 2.24) is 10.6 Å². The maximum absolute atomic E-state index is 12.0. The summed E-state index contributed by atoms with van der Waals surface area (Å²) in [4.78, 5) is 12.0. The van der Waals surface area contributed by atoms with E-state index < -0.39 is 0 Å². The fourth-order valence-corrected chi connectivity index (χ4v) is 2.14. The molecule has 2 rings (SSSR count). The van der Waals surface area contributed by atoms with Gasteiger partial charge in [-0.15, -0.1) is 0 Å². The van der Waals surface area contributed by atoms with E-state index in [1.165, 1.54) is 0 Å². The SMILES string of the molecule is Cc1cc(O)ccc1C(=O)N[C@H]1CCCNC1. The van der Waals surface area contributed by atoms with Gasteiger partial charge < -0.3 is 15.7 Å². The molecule has 1 aliphatic rings. The van der Waals surface area contributed by atoms with Gasteiger partial charge in [0.2, 0.25) is 0 Å². The van der Waals surface area contributed by atoms with Crippen molar-refractivity contribution >= 4 is 5.91 Å². The number of aryl methyl sites for hydroxylation is 1. The van der Waals surface area contributed by atoms with Crippen LogP contribution in [-0.2, 0) is 0 Å². The molecular weight excluding hydrogens is 216 g/mol. The molecule has 0 aliphatic carbocycles. The fourth-order valence-electron chi connectivity index (χ4n) is 2.14. The van der Waals surface area contributed by atoms with E-state index in [9.17, 15) is 9.90 Å². The van der Waals surface area contributed by atoms with Gasteiger partial charge in [-0.1, -0.05) is 0 Å². The van der Waals surface area contributed by atoms with Crippen LogP contribution in [0, 0.1) is 6.92 Å². The van der Waals surface area contributed by atoms with Gasteiger partial charge in [-0.3, -0.25) is 4.79 Å². The maximum atomic E-state index is 12.0. The van der Waals surface area contributed by atoms with Crippen LogP contribution < -0.4 is 10.6 Å². The number of benzene rings is 1. The van der Waals surface area contributed by atoms with Crippen molar-refractivity contribution in [2.45, 2.75) is 25.8 Å². The number of aromatic hydroxyl groups is 1. The van der Waals surface area contributed by atoms with E-state index in [0.717, 1.165) is 31.5 Å². The molecule has 4 nitrogen and oxygen atoms in total.